The van der Waals surface area contributed by atoms with Crippen molar-refractivity contribution in [1.29, 1.82) is 0 Å². The van der Waals surface area contributed by atoms with Crippen molar-refractivity contribution < 1.29 is 5.32 Å². The molecule has 0 unspecified atom stereocenters. The molecule has 1 heterocycles. The summed E-state index contributed by atoms with van der Waals surface area (Å²) in [5.74, 6) is 1.38. The number of H-pyrrole nitrogens is 1. The van der Waals surface area contributed by atoms with Crippen LogP contribution in [0.4, 0.5) is 0 Å². The lowest BCUT2D eigenvalue weighted by atomic mass is 10.1. The molecule has 1 aromatic carbocycles. The third-order valence-electron chi connectivity index (χ3n) is 3.38. The standard InChI is InChI=1S/C15H20ClN3O/c1-9(2)6-7-17-10(3)14-18-13-8-11(16)4-5-12(13)15(20)19-14/h4-5,8-10,17H,6-7H2,1-3H3,(H,18,19,20)/p+1/t10-/m0/s1. The lowest BCUT2D eigenvalue weighted by Crippen LogP contribution is -2.85. The van der Waals surface area contributed by atoms with E-state index in [1.165, 1.54) is 0 Å². The van der Waals surface area contributed by atoms with E-state index in [-0.39, 0.29) is 11.6 Å². The Labute approximate surface area is 123 Å². The second kappa shape index (κ2) is 6.37. The summed E-state index contributed by atoms with van der Waals surface area (Å²) in [5, 5.41) is 3.37. The summed E-state index contributed by atoms with van der Waals surface area (Å²) in [6.45, 7) is 7.48. The second-order valence-electron chi connectivity index (χ2n) is 5.61. The van der Waals surface area contributed by atoms with Crippen molar-refractivity contribution in [3.8, 4) is 0 Å². The monoisotopic (exact) mass is 294 g/mol. The molecule has 3 N–H and O–H groups in total. The van der Waals surface area contributed by atoms with Crippen LogP contribution in [0.15, 0.2) is 23.0 Å². The SMILES string of the molecule is CC(C)CC[NH2+][C@@H](C)c1nc2cc(Cl)ccc2c(=O)[nH]1. The zero-order valence-electron chi connectivity index (χ0n) is 12.1. The Kier molecular flexibility index (Phi) is 4.78. The molecule has 2 aromatic rings. The Morgan fingerprint density at radius 1 is 1.35 bits per heavy atom. The number of hydrogen-bond acceptors (Lipinski definition) is 2. The molecule has 0 bridgehead atoms. The number of quaternary nitrogens is 1. The lowest BCUT2D eigenvalue weighted by molar-refractivity contribution is -0.694. The van der Waals surface area contributed by atoms with Crippen molar-refractivity contribution >= 4 is 22.5 Å². The van der Waals surface area contributed by atoms with Gasteiger partial charge in [0.05, 0.1) is 17.4 Å². The van der Waals surface area contributed by atoms with Crippen LogP contribution in [0.5, 0.6) is 0 Å². The summed E-state index contributed by atoms with van der Waals surface area (Å²) in [5.41, 5.74) is 0.547. The maximum Gasteiger partial charge on any atom is 0.258 e. The summed E-state index contributed by atoms with van der Waals surface area (Å²) in [4.78, 5) is 19.4. The first kappa shape index (κ1) is 15.0. The minimum Gasteiger partial charge on any atom is -0.338 e. The van der Waals surface area contributed by atoms with Crippen LogP contribution in [0.25, 0.3) is 10.9 Å². The van der Waals surface area contributed by atoms with E-state index in [1.54, 1.807) is 18.2 Å². The number of fused-ring (bicyclic) bond motifs is 1. The van der Waals surface area contributed by atoms with Crippen LogP contribution in [0, 0.1) is 5.92 Å². The third kappa shape index (κ3) is 3.58. The number of aromatic amines is 1. The van der Waals surface area contributed by atoms with Crippen LogP contribution in [0.1, 0.15) is 39.1 Å². The van der Waals surface area contributed by atoms with E-state index < -0.39 is 0 Å². The smallest absolute Gasteiger partial charge is 0.258 e. The zero-order chi connectivity index (χ0) is 14.7. The van der Waals surface area contributed by atoms with Crippen LogP contribution < -0.4 is 10.9 Å². The maximum atomic E-state index is 12.0. The van der Waals surface area contributed by atoms with Gasteiger partial charge in [-0.05, 0) is 37.5 Å². The van der Waals surface area contributed by atoms with E-state index in [9.17, 15) is 4.79 Å². The van der Waals surface area contributed by atoms with E-state index in [1.807, 2.05) is 0 Å². The molecule has 4 nitrogen and oxygen atoms in total. The number of aromatic nitrogens is 2. The molecule has 0 radical (unpaired) electrons. The van der Waals surface area contributed by atoms with Gasteiger partial charge in [-0.2, -0.15) is 0 Å². The number of nitrogens with two attached hydrogens (primary N) is 1. The molecule has 20 heavy (non-hydrogen) atoms. The third-order valence-corrected chi connectivity index (χ3v) is 3.62. The Morgan fingerprint density at radius 2 is 2.10 bits per heavy atom. The molecule has 1 atom stereocenters. The largest absolute Gasteiger partial charge is 0.338 e. The van der Waals surface area contributed by atoms with Crippen molar-refractivity contribution in [3.63, 3.8) is 0 Å². The molecule has 0 aliphatic heterocycles. The number of nitrogens with zero attached hydrogens (tertiary/aromatic N) is 1. The molecule has 0 amide bonds. The fourth-order valence-corrected chi connectivity index (χ4v) is 2.30. The second-order valence-corrected chi connectivity index (χ2v) is 6.04. The predicted molar refractivity (Wildman–Crippen MR) is 82.0 cm³/mol. The van der Waals surface area contributed by atoms with Crippen molar-refractivity contribution in [2.75, 3.05) is 6.54 Å². The number of rotatable bonds is 5. The molecule has 0 saturated heterocycles. The van der Waals surface area contributed by atoms with Crippen molar-refractivity contribution in [2.45, 2.75) is 33.2 Å². The molecular formula is C15H21ClN3O+. The molecule has 0 saturated carbocycles. The maximum absolute atomic E-state index is 12.0. The highest BCUT2D eigenvalue weighted by Gasteiger charge is 2.13. The van der Waals surface area contributed by atoms with Gasteiger partial charge in [0.15, 0.2) is 5.82 Å². The van der Waals surface area contributed by atoms with Crippen LogP contribution in [0.2, 0.25) is 5.02 Å². The van der Waals surface area contributed by atoms with Crippen LogP contribution in [0.3, 0.4) is 0 Å². The average Bonchev–Trinajstić information content (AvgIpc) is 2.37. The normalized spacial score (nSPS) is 13.1. The van der Waals surface area contributed by atoms with Crippen LogP contribution in [-0.2, 0) is 0 Å². The summed E-state index contributed by atoms with van der Waals surface area (Å²) < 4.78 is 0. The van der Waals surface area contributed by atoms with Crippen molar-refractivity contribution in [2.24, 2.45) is 5.92 Å². The quantitative estimate of drug-likeness (QED) is 0.888. The predicted octanol–water partition coefficient (Wildman–Crippen LogP) is 2.25. The van der Waals surface area contributed by atoms with E-state index in [4.69, 9.17) is 11.6 Å². The highest BCUT2D eigenvalue weighted by Crippen LogP contribution is 2.15. The van der Waals surface area contributed by atoms with Gasteiger partial charge in [-0.15, -0.1) is 0 Å². The molecule has 2 rings (SSSR count). The van der Waals surface area contributed by atoms with E-state index in [0.29, 0.717) is 27.7 Å². The van der Waals surface area contributed by atoms with Gasteiger partial charge >= 0.3 is 0 Å². The first-order valence-electron chi connectivity index (χ1n) is 7.00. The highest BCUT2D eigenvalue weighted by molar-refractivity contribution is 6.31. The Balaban J connectivity index is 2.24. The minimum atomic E-state index is -0.106. The number of hydrogen-bond donors (Lipinski definition) is 2. The van der Waals surface area contributed by atoms with Gasteiger partial charge in [-0.3, -0.25) is 4.79 Å². The van der Waals surface area contributed by atoms with E-state index >= 15 is 0 Å². The molecular weight excluding hydrogens is 274 g/mol. The van der Waals surface area contributed by atoms with Crippen LogP contribution >= 0.6 is 11.6 Å². The molecule has 5 heteroatoms. The summed E-state index contributed by atoms with van der Waals surface area (Å²) >= 11 is 5.96. The van der Waals surface area contributed by atoms with E-state index in [2.05, 4.69) is 36.1 Å². The first-order chi connectivity index (χ1) is 9.47. The minimum absolute atomic E-state index is 0.106. The Hall–Kier alpha value is -1.39. The fraction of sp³-hybridized carbons (Fsp3) is 0.467. The summed E-state index contributed by atoms with van der Waals surface area (Å²) in [6, 6.07) is 5.28. The number of halogens is 1. The Bertz CT molecular complexity index is 651. The molecule has 0 fully saturated rings. The summed E-state index contributed by atoms with van der Waals surface area (Å²) in [7, 11) is 0. The topological polar surface area (TPSA) is 62.4 Å². The van der Waals surface area contributed by atoms with Crippen molar-refractivity contribution in [3.05, 3.63) is 39.4 Å². The van der Waals surface area contributed by atoms with Gasteiger partial charge < -0.3 is 10.3 Å². The van der Waals surface area contributed by atoms with Gasteiger partial charge in [0.2, 0.25) is 0 Å². The molecule has 0 spiro atoms. The average molecular weight is 295 g/mol. The van der Waals surface area contributed by atoms with Crippen LogP contribution in [-0.4, -0.2) is 16.5 Å². The highest BCUT2D eigenvalue weighted by atomic mass is 35.5. The number of benzene rings is 1. The zero-order valence-corrected chi connectivity index (χ0v) is 12.9. The first-order valence-corrected chi connectivity index (χ1v) is 7.38. The molecule has 1 aromatic heterocycles. The summed E-state index contributed by atoms with van der Waals surface area (Å²) in [6.07, 6.45) is 1.15. The lowest BCUT2D eigenvalue weighted by Gasteiger charge is -2.11. The fourth-order valence-electron chi connectivity index (χ4n) is 2.14. The van der Waals surface area contributed by atoms with Gasteiger partial charge in [0.1, 0.15) is 6.04 Å². The van der Waals surface area contributed by atoms with Gasteiger partial charge in [-0.1, -0.05) is 25.4 Å². The Morgan fingerprint density at radius 3 is 2.80 bits per heavy atom. The van der Waals surface area contributed by atoms with Gasteiger partial charge in [0, 0.05) is 5.02 Å². The van der Waals surface area contributed by atoms with E-state index in [0.717, 1.165) is 13.0 Å². The molecule has 0 aliphatic rings. The van der Waals surface area contributed by atoms with Gasteiger partial charge in [-0.25, -0.2) is 4.98 Å². The number of nitrogens with one attached hydrogen (secondary N) is 1. The van der Waals surface area contributed by atoms with Gasteiger partial charge in [0.25, 0.3) is 5.56 Å². The molecule has 0 aliphatic carbocycles. The molecule has 108 valence electrons. The van der Waals surface area contributed by atoms with Crippen molar-refractivity contribution in [1.82, 2.24) is 9.97 Å².